The van der Waals surface area contributed by atoms with Crippen LogP contribution in [-0.2, 0) is 34.1 Å². The molecule has 23 heavy (non-hydrogen) atoms. The maximum absolute atomic E-state index is 3.26. The summed E-state index contributed by atoms with van der Waals surface area (Å²) in [6.45, 7) is 0. The van der Waals surface area contributed by atoms with Gasteiger partial charge >= 0.3 is 34.1 Å². The van der Waals surface area contributed by atoms with Gasteiger partial charge in [-0.05, 0) is 0 Å². The molecule has 120 valence electrons. The van der Waals surface area contributed by atoms with Crippen molar-refractivity contribution in [1.29, 1.82) is 0 Å². The minimum atomic E-state index is 0. The van der Waals surface area contributed by atoms with Crippen molar-refractivity contribution in [3.8, 4) is 0 Å². The Labute approximate surface area is 159 Å². The Morgan fingerprint density at radius 3 is 1.00 bits per heavy atom. The van der Waals surface area contributed by atoms with Crippen LogP contribution in [0.15, 0.2) is 109 Å². The topological polar surface area (TPSA) is 12.0 Å². The summed E-state index contributed by atoms with van der Waals surface area (Å²) in [5, 5.41) is 3.26. The SMILES string of the molecule is [Fe+2].[Fe+2].c1cc[c-](N[c-]2cccc2)c1.c1cc[cH-]c1.c1cc[cH-]c1. The molecule has 0 unspecified atom stereocenters. The second-order valence-electron chi connectivity index (χ2n) is 4.40. The van der Waals surface area contributed by atoms with E-state index in [1.54, 1.807) is 0 Å². The molecule has 4 aromatic carbocycles. The van der Waals surface area contributed by atoms with Gasteiger partial charge in [0.2, 0.25) is 0 Å². The minimum absolute atomic E-state index is 0. The Hall–Kier alpha value is -1.76. The van der Waals surface area contributed by atoms with Gasteiger partial charge in [-0.1, -0.05) is 12.1 Å². The summed E-state index contributed by atoms with van der Waals surface area (Å²) < 4.78 is 0. The summed E-state index contributed by atoms with van der Waals surface area (Å²) in [5.74, 6) is 0. The van der Waals surface area contributed by atoms with Crippen LogP contribution in [0.4, 0.5) is 11.4 Å². The van der Waals surface area contributed by atoms with Gasteiger partial charge in [0.1, 0.15) is 0 Å². The van der Waals surface area contributed by atoms with Gasteiger partial charge in [0.05, 0.1) is 0 Å². The quantitative estimate of drug-likeness (QED) is 0.346. The molecule has 4 aromatic rings. The minimum Gasteiger partial charge on any atom is -0.513 e. The Balaban J connectivity index is 0.000000342. The van der Waals surface area contributed by atoms with E-state index in [0.29, 0.717) is 0 Å². The number of hydrogen-bond acceptors (Lipinski definition) is 1. The van der Waals surface area contributed by atoms with Crippen LogP contribution in [0.25, 0.3) is 0 Å². The molecule has 4 rings (SSSR count). The van der Waals surface area contributed by atoms with Crippen molar-refractivity contribution < 1.29 is 34.1 Å². The van der Waals surface area contributed by atoms with E-state index in [9.17, 15) is 0 Å². The molecule has 0 aliphatic heterocycles. The predicted octanol–water partition coefficient (Wildman–Crippen LogP) is 5.67. The van der Waals surface area contributed by atoms with E-state index in [1.807, 2.05) is 109 Å². The second kappa shape index (κ2) is 13.9. The second-order valence-corrected chi connectivity index (χ2v) is 4.40. The Kier molecular flexibility index (Phi) is 12.8. The molecule has 3 heteroatoms. The molecule has 0 saturated carbocycles. The molecule has 0 aromatic heterocycles. The van der Waals surface area contributed by atoms with E-state index in [4.69, 9.17) is 0 Å². The molecular formula is C20H19Fe2N. The summed E-state index contributed by atoms with van der Waals surface area (Å²) in [6, 6.07) is 36.3. The van der Waals surface area contributed by atoms with Crippen LogP contribution in [0.5, 0.6) is 0 Å². The van der Waals surface area contributed by atoms with Crippen molar-refractivity contribution >= 4 is 11.4 Å². The maximum Gasteiger partial charge on any atom is 2.00 e. The van der Waals surface area contributed by atoms with Crippen LogP contribution in [0.3, 0.4) is 0 Å². The molecule has 0 fully saturated rings. The van der Waals surface area contributed by atoms with Crippen LogP contribution in [0, 0.1) is 0 Å². The molecule has 0 saturated heterocycles. The van der Waals surface area contributed by atoms with Crippen LogP contribution >= 0.6 is 0 Å². The molecular weight excluding hydrogens is 366 g/mol. The fraction of sp³-hybridized carbons (Fsp3) is 0. The molecule has 0 bridgehead atoms. The van der Waals surface area contributed by atoms with Gasteiger partial charge in [0.25, 0.3) is 0 Å². The zero-order valence-corrected chi connectivity index (χ0v) is 14.8. The van der Waals surface area contributed by atoms with Gasteiger partial charge in [0.15, 0.2) is 0 Å². The molecule has 0 atom stereocenters. The first kappa shape index (κ1) is 21.2. The van der Waals surface area contributed by atoms with Crippen molar-refractivity contribution in [1.82, 2.24) is 0 Å². The van der Waals surface area contributed by atoms with Gasteiger partial charge < -0.3 is 5.32 Å². The Morgan fingerprint density at radius 2 is 0.783 bits per heavy atom. The fourth-order valence-electron chi connectivity index (χ4n) is 1.72. The average molecular weight is 385 g/mol. The van der Waals surface area contributed by atoms with E-state index in [1.165, 1.54) is 0 Å². The number of nitrogens with one attached hydrogen (secondary N) is 1. The van der Waals surface area contributed by atoms with Crippen LogP contribution < -0.4 is 5.32 Å². The fourth-order valence-corrected chi connectivity index (χ4v) is 1.72. The first-order chi connectivity index (χ1) is 10.4. The van der Waals surface area contributed by atoms with Gasteiger partial charge in [0, 0.05) is 0 Å². The number of anilines is 2. The third kappa shape index (κ3) is 9.78. The van der Waals surface area contributed by atoms with Crippen molar-refractivity contribution in [2.75, 3.05) is 5.32 Å². The zero-order valence-electron chi connectivity index (χ0n) is 12.6. The smallest absolute Gasteiger partial charge is 0.513 e. The summed E-state index contributed by atoms with van der Waals surface area (Å²) in [5.41, 5.74) is 2.30. The van der Waals surface area contributed by atoms with E-state index in [-0.39, 0.29) is 34.1 Å². The monoisotopic (exact) mass is 385 g/mol. The van der Waals surface area contributed by atoms with E-state index >= 15 is 0 Å². The largest absolute Gasteiger partial charge is 2.00 e. The summed E-state index contributed by atoms with van der Waals surface area (Å²) in [6.07, 6.45) is 0. The molecule has 1 nitrogen and oxygen atoms in total. The van der Waals surface area contributed by atoms with E-state index in [2.05, 4.69) is 5.32 Å². The summed E-state index contributed by atoms with van der Waals surface area (Å²) in [7, 11) is 0. The third-order valence-corrected chi connectivity index (χ3v) is 2.73. The average Bonchev–Trinajstić information content (AvgIpc) is 3.30. The van der Waals surface area contributed by atoms with Gasteiger partial charge in [-0.3, -0.25) is 12.1 Å². The number of rotatable bonds is 2. The van der Waals surface area contributed by atoms with Crippen molar-refractivity contribution in [3.05, 3.63) is 109 Å². The van der Waals surface area contributed by atoms with Crippen molar-refractivity contribution in [2.45, 2.75) is 0 Å². The molecule has 0 aliphatic carbocycles. The summed E-state index contributed by atoms with van der Waals surface area (Å²) >= 11 is 0. The molecule has 0 amide bonds. The van der Waals surface area contributed by atoms with Gasteiger partial charge in [-0.15, -0.1) is 23.5 Å². The predicted molar refractivity (Wildman–Crippen MR) is 91.4 cm³/mol. The van der Waals surface area contributed by atoms with Gasteiger partial charge in [-0.25, -0.2) is 36.4 Å². The first-order valence-corrected chi connectivity index (χ1v) is 6.99. The Morgan fingerprint density at radius 1 is 0.478 bits per heavy atom. The maximum atomic E-state index is 3.26. The van der Waals surface area contributed by atoms with Crippen LogP contribution in [-0.4, -0.2) is 0 Å². The van der Waals surface area contributed by atoms with Gasteiger partial charge in [-0.2, -0.15) is 36.4 Å². The van der Waals surface area contributed by atoms with E-state index in [0.717, 1.165) is 11.4 Å². The molecule has 0 aliphatic rings. The number of hydrogen-bond donors (Lipinski definition) is 1. The Bertz CT molecular complexity index is 525. The standard InChI is InChI=1S/C10H9N.2C5H5.2Fe/c1-2-6-9(5-1)11-10-7-3-4-8-10;2*1-2-4-5-3-1;;/h1-8,11H;2*1-5H;;/q-2;2*-1;2*+2. The third-order valence-electron chi connectivity index (χ3n) is 2.73. The summed E-state index contributed by atoms with van der Waals surface area (Å²) in [4.78, 5) is 0. The van der Waals surface area contributed by atoms with Crippen molar-refractivity contribution in [3.63, 3.8) is 0 Å². The molecule has 0 spiro atoms. The molecule has 0 radical (unpaired) electrons. The van der Waals surface area contributed by atoms with Crippen LogP contribution in [0.2, 0.25) is 0 Å². The van der Waals surface area contributed by atoms with Crippen LogP contribution in [0.1, 0.15) is 0 Å². The first-order valence-electron chi connectivity index (χ1n) is 6.99. The zero-order chi connectivity index (χ0) is 14.6. The van der Waals surface area contributed by atoms with Crippen molar-refractivity contribution in [2.24, 2.45) is 0 Å². The molecule has 0 heterocycles. The van der Waals surface area contributed by atoms with E-state index < -0.39 is 0 Å². The molecule has 1 N–H and O–H groups in total. The normalized spacial score (nSPS) is 8.17.